The molecule has 0 heterocycles. The number of para-hydroxylation sites is 1. The zero-order valence-corrected chi connectivity index (χ0v) is 15.0. The average Bonchev–Trinajstić information content (AvgIpc) is 2.59. The molecule has 130 valence electrons. The number of nitrogens with two attached hydrogens (primary N) is 1. The van der Waals surface area contributed by atoms with Gasteiger partial charge in [0.1, 0.15) is 5.75 Å². The minimum absolute atomic E-state index is 0. The fraction of sp³-hybridized carbons (Fsp3) is 0.316. The van der Waals surface area contributed by atoms with Gasteiger partial charge in [-0.15, -0.1) is 12.4 Å². The van der Waals surface area contributed by atoms with Crippen molar-refractivity contribution in [2.45, 2.75) is 26.3 Å². The van der Waals surface area contributed by atoms with Gasteiger partial charge in [-0.1, -0.05) is 30.3 Å². The van der Waals surface area contributed by atoms with E-state index in [0.717, 1.165) is 22.6 Å². The van der Waals surface area contributed by atoms with Gasteiger partial charge in [0.2, 0.25) is 5.91 Å². The fourth-order valence-corrected chi connectivity index (χ4v) is 2.49. The molecule has 0 saturated heterocycles. The number of nitrogens with zero attached hydrogens (tertiary/aromatic N) is 1. The quantitative estimate of drug-likeness (QED) is 0.776. The zero-order valence-electron chi connectivity index (χ0n) is 14.2. The van der Waals surface area contributed by atoms with Crippen molar-refractivity contribution in [2.24, 2.45) is 0 Å². The number of methoxy groups -OCH3 is 1. The van der Waals surface area contributed by atoms with E-state index >= 15 is 0 Å². The van der Waals surface area contributed by atoms with E-state index in [1.807, 2.05) is 60.4 Å². The number of benzene rings is 2. The van der Waals surface area contributed by atoms with Crippen molar-refractivity contribution in [1.82, 2.24) is 4.90 Å². The van der Waals surface area contributed by atoms with Crippen LogP contribution in [0.5, 0.6) is 5.75 Å². The molecular formula is C19H25ClN2O2. The van der Waals surface area contributed by atoms with Crippen LogP contribution in [-0.2, 0) is 17.8 Å². The van der Waals surface area contributed by atoms with Crippen LogP contribution in [0, 0.1) is 0 Å². The highest BCUT2D eigenvalue weighted by Crippen LogP contribution is 2.16. The molecule has 24 heavy (non-hydrogen) atoms. The minimum atomic E-state index is 0. The lowest BCUT2D eigenvalue weighted by Gasteiger charge is -2.21. The number of halogens is 1. The third-order valence-electron chi connectivity index (χ3n) is 3.93. The van der Waals surface area contributed by atoms with Gasteiger partial charge in [-0.25, -0.2) is 0 Å². The molecule has 2 aromatic rings. The predicted octanol–water partition coefficient (Wildman–Crippen LogP) is 3.68. The summed E-state index contributed by atoms with van der Waals surface area (Å²) in [5.41, 5.74) is 8.80. The van der Waals surface area contributed by atoms with Crippen molar-refractivity contribution in [2.75, 3.05) is 19.4 Å². The number of hydrogen-bond acceptors (Lipinski definition) is 3. The van der Waals surface area contributed by atoms with Crippen LogP contribution in [0.3, 0.4) is 0 Å². The van der Waals surface area contributed by atoms with Crippen molar-refractivity contribution < 1.29 is 9.53 Å². The number of carbonyl (C=O) groups is 1. The number of amides is 1. The number of aryl methyl sites for hydroxylation is 1. The summed E-state index contributed by atoms with van der Waals surface area (Å²) in [5, 5.41) is 0. The summed E-state index contributed by atoms with van der Waals surface area (Å²) in [4.78, 5) is 14.3. The zero-order chi connectivity index (χ0) is 16.7. The lowest BCUT2D eigenvalue weighted by Crippen LogP contribution is -2.30. The summed E-state index contributed by atoms with van der Waals surface area (Å²) in [5.74, 6) is 0.967. The SMILES string of the molecule is CCN(Cc1ccc(OC)cc1)C(=O)CCc1ccccc1N.Cl. The van der Waals surface area contributed by atoms with Crippen LogP contribution in [0.1, 0.15) is 24.5 Å². The Bertz CT molecular complexity index is 644. The van der Waals surface area contributed by atoms with Gasteiger partial charge in [-0.3, -0.25) is 4.79 Å². The van der Waals surface area contributed by atoms with E-state index in [2.05, 4.69) is 0 Å². The van der Waals surface area contributed by atoms with Crippen LogP contribution in [0.15, 0.2) is 48.5 Å². The van der Waals surface area contributed by atoms with E-state index in [1.165, 1.54) is 0 Å². The monoisotopic (exact) mass is 348 g/mol. The van der Waals surface area contributed by atoms with Crippen molar-refractivity contribution in [3.63, 3.8) is 0 Å². The Hall–Kier alpha value is -2.20. The van der Waals surface area contributed by atoms with Crippen molar-refractivity contribution in [3.05, 3.63) is 59.7 Å². The Balaban J connectivity index is 0.00000288. The Morgan fingerprint density at radius 1 is 1.12 bits per heavy atom. The van der Waals surface area contributed by atoms with Gasteiger partial charge in [-0.05, 0) is 42.7 Å². The summed E-state index contributed by atoms with van der Waals surface area (Å²) in [7, 11) is 1.65. The van der Waals surface area contributed by atoms with Gasteiger partial charge in [0.05, 0.1) is 7.11 Å². The van der Waals surface area contributed by atoms with E-state index in [0.29, 0.717) is 25.9 Å². The fourth-order valence-electron chi connectivity index (χ4n) is 2.49. The molecule has 0 atom stereocenters. The number of carbonyl (C=O) groups excluding carboxylic acids is 1. The maximum atomic E-state index is 12.4. The van der Waals surface area contributed by atoms with Crippen molar-refractivity contribution >= 4 is 24.0 Å². The van der Waals surface area contributed by atoms with Crippen molar-refractivity contribution in [1.29, 1.82) is 0 Å². The second-order valence-electron chi connectivity index (χ2n) is 5.45. The number of anilines is 1. The largest absolute Gasteiger partial charge is 0.497 e. The van der Waals surface area contributed by atoms with Gasteiger partial charge in [0, 0.05) is 25.2 Å². The van der Waals surface area contributed by atoms with Crippen LogP contribution in [0.2, 0.25) is 0 Å². The normalized spacial score (nSPS) is 9.92. The third kappa shape index (κ3) is 5.46. The van der Waals surface area contributed by atoms with Crippen LogP contribution in [0.4, 0.5) is 5.69 Å². The van der Waals surface area contributed by atoms with E-state index in [9.17, 15) is 4.79 Å². The van der Waals surface area contributed by atoms with Gasteiger partial charge in [-0.2, -0.15) is 0 Å². The second kappa shape index (κ2) is 9.83. The lowest BCUT2D eigenvalue weighted by molar-refractivity contribution is -0.131. The Morgan fingerprint density at radius 3 is 2.38 bits per heavy atom. The second-order valence-corrected chi connectivity index (χ2v) is 5.45. The molecule has 2 N–H and O–H groups in total. The topological polar surface area (TPSA) is 55.6 Å². The van der Waals surface area contributed by atoms with Gasteiger partial charge in [0.15, 0.2) is 0 Å². The molecule has 0 radical (unpaired) electrons. The van der Waals surface area contributed by atoms with Gasteiger partial charge >= 0.3 is 0 Å². The maximum absolute atomic E-state index is 12.4. The standard InChI is InChI=1S/C19H24N2O2.ClH/c1-3-21(14-15-8-11-17(23-2)12-9-15)19(22)13-10-16-6-4-5-7-18(16)20;/h4-9,11-12H,3,10,13-14,20H2,1-2H3;1H. The Labute approximate surface area is 150 Å². The highest BCUT2D eigenvalue weighted by Gasteiger charge is 2.13. The summed E-state index contributed by atoms with van der Waals surface area (Å²) in [6.07, 6.45) is 1.14. The molecule has 4 nitrogen and oxygen atoms in total. The molecule has 5 heteroatoms. The summed E-state index contributed by atoms with van der Waals surface area (Å²) >= 11 is 0. The van der Waals surface area contributed by atoms with E-state index in [-0.39, 0.29) is 18.3 Å². The van der Waals surface area contributed by atoms with Gasteiger partial charge in [0.25, 0.3) is 0 Å². The molecule has 0 aromatic heterocycles. The third-order valence-corrected chi connectivity index (χ3v) is 3.93. The van der Waals surface area contributed by atoms with Crippen LogP contribution in [0.25, 0.3) is 0 Å². The number of hydrogen-bond donors (Lipinski definition) is 1. The first-order valence-corrected chi connectivity index (χ1v) is 7.88. The average molecular weight is 349 g/mol. The number of nitrogen functional groups attached to an aromatic ring is 1. The molecule has 0 unspecified atom stereocenters. The smallest absolute Gasteiger partial charge is 0.223 e. The summed E-state index contributed by atoms with van der Waals surface area (Å²) in [6, 6.07) is 15.5. The molecule has 2 aromatic carbocycles. The van der Waals surface area contributed by atoms with Crippen LogP contribution < -0.4 is 10.5 Å². The molecule has 1 amide bonds. The van der Waals surface area contributed by atoms with Gasteiger partial charge < -0.3 is 15.4 Å². The molecule has 0 aliphatic heterocycles. The van der Waals surface area contributed by atoms with Crippen molar-refractivity contribution in [3.8, 4) is 5.75 Å². The first kappa shape index (κ1) is 19.8. The highest BCUT2D eigenvalue weighted by atomic mass is 35.5. The van der Waals surface area contributed by atoms with Crippen LogP contribution in [-0.4, -0.2) is 24.5 Å². The molecule has 0 aliphatic carbocycles. The van der Waals surface area contributed by atoms with Crippen LogP contribution >= 0.6 is 12.4 Å². The molecule has 0 aliphatic rings. The molecular weight excluding hydrogens is 324 g/mol. The van der Waals surface area contributed by atoms with E-state index in [1.54, 1.807) is 7.11 Å². The summed E-state index contributed by atoms with van der Waals surface area (Å²) < 4.78 is 5.15. The minimum Gasteiger partial charge on any atom is -0.497 e. The Morgan fingerprint density at radius 2 is 1.79 bits per heavy atom. The Kier molecular flexibility index (Phi) is 8.13. The number of ether oxygens (including phenoxy) is 1. The molecule has 0 spiro atoms. The molecule has 0 saturated carbocycles. The highest BCUT2D eigenvalue weighted by molar-refractivity contribution is 5.85. The predicted molar refractivity (Wildman–Crippen MR) is 101 cm³/mol. The number of rotatable bonds is 7. The van der Waals surface area contributed by atoms with E-state index in [4.69, 9.17) is 10.5 Å². The first-order chi connectivity index (χ1) is 11.1. The molecule has 2 rings (SSSR count). The molecule has 0 bridgehead atoms. The molecule has 0 fully saturated rings. The summed E-state index contributed by atoms with van der Waals surface area (Å²) in [6.45, 7) is 3.30. The lowest BCUT2D eigenvalue weighted by atomic mass is 10.1. The maximum Gasteiger partial charge on any atom is 0.223 e. The van der Waals surface area contributed by atoms with E-state index < -0.39 is 0 Å². The first-order valence-electron chi connectivity index (χ1n) is 7.88.